The molecule has 0 radical (unpaired) electrons. The van der Waals surface area contributed by atoms with E-state index < -0.39 is 0 Å². The molecule has 6 nitrogen and oxygen atoms in total. The van der Waals surface area contributed by atoms with Crippen molar-refractivity contribution in [1.82, 2.24) is 14.2 Å². The van der Waals surface area contributed by atoms with Gasteiger partial charge >= 0.3 is 0 Å². The lowest BCUT2D eigenvalue weighted by atomic mass is 10.2. The molecule has 4 aromatic rings. The monoisotopic (exact) mass is 382 g/mol. The van der Waals surface area contributed by atoms with Crippen LogP contribution in [-0.4, -0.2) is 20.1 Å². The molecule has 0 spiro atoms. The molecule has 0 saturated carbocycles. The zero-order valence-corrected chi connectivity index (χ0v) is 15.2. The molecule has 1 amide bonds. The fourth-order valence-corrected chi connectivity index (χ4v) is 4.34. The summed E-state index contributed by atoms with van der Waals surface area (Å²) >= 11 is 2.62. The van der Waals surface area contributed by atoms with Crippen LogP contribution in [0, 0.1) is 0 Å². The Hall–Kier alpha value is -2.84. The standard InChI is InChI=1S/C18H14N4O2S2/c23-15(11-22-17(24)13-8-4-5-9-14(13)26-22)19-18-21-20-16(25-18)10-12-6-2-1-3-7-12/h1-9H,10-11H2,(H,19,21,23). The second-order valence-corrected chi connectivity index (χ2v) is 7.77. The molecule has 1 N–H and O–H groups in total. The smallest absolute Gasteiger partial charge is 0.268 e. The van der Waals surface area contributed by atoms with Gasteiger partial charge in [0.1, 0.15) is 11.6 Å². The van der Waals surface area contributed by atoms with Crippen molar-refractivity contribution in [2.45, 2.75) is 13.0 Å². The lowest BCUT2D eigenvalue weighted by Crippen LogP contribution is -2.23. The second-order valence-electron chi connectivity index (χ2n) is 5.64. The number of nitrogens with zero attached hydrogens (tertiary/aromatic N) is 3. The second kappa shape index (κ2) is 7.19. The van der Waals surface area contributed by atoms with E-state index in [4.69, 9.17) is 0 Å². The van der Waals surface area contributed by atoms with Gasteiger partial charge in [0.2, 0.25) is 11.0 Å². The number of benzene rings is 2. The third-order valence-corrected chi connectivity index (χ3v) is 5.66. The van der Waals surface area contributed by atoms with E-state index in [-0.39, 0.29) is 18.0 Å². The molecule has 0 fully saturated rings. The molecular formula is C18H14N4O2S2. The summed E-state index contributed by atoms with van der Waals surface area (Å²) in [6, 6.07) is 17.3. The summed E-state index contributed by atoms with van der Waals surface area (Å²) in [5.41, 5.74) is 0.987. The molecule has 2 aromatic carbocycles. The summed E-state index contributed by atoms with van der Waals surface area (Å²) in [5.74, 6) is -0.291. The van der Waals surface area contributed by atoms with Gasteiger partial charge in [-0.2, -0.15) is 0 Å². The summed E-state index contributed by atoms with van der Waals surface area (Å²) in [7, 11) is 0. The SMILES string of the molecule is O=C(Cn1sc2ccccc2c1=O)Nc1nnc(Cc2ccccc2)s1. The molecule has 0 atom stereocenters. The number of aromatic nitrogens is 3. The van der Waals surface area contributed by atoms with Gasteiger partial charge in [-0.05, 0) is 17.7 Å². The molecule has 130 valence electrons. The number of hydrogen-bond acceptors (Lipinski definition) is 6. The van der Waals surface area contributed by atoms with Crippen molar-refractivity contribution >= 4 is 44.0 Å². The summed E-state index contributed by atoms with van der Waals surface area (Å²) in [6.07, 6.45) is 0.671. The molecule has 0 aliphatic carbocycles. The maximum atomic E-state index is 12.3. The third kappa shape index (κ3) is 3.56. The molecule has 0 aliphatic heterocycles. The Morgan fingerprint density at radius 2 is 1.81 bits per heavy atom. The first-order valence-corrected chi connectivity index (χ1v) is 9.53. The van der Waals surface area contributed by atoms with E-state index in [0.717, 1.165) is 15.3 Å². The van der Waals surface area contributed by atoms with Gasteiger partial charge in [0, 0.05) is 6.42 Å². The van der Waals surface area contributed by atoms with Crippen molar-refractivity contribution < 1.29 is 4.79 Å². The van der Waals surface area contributed by atoms with E-state index in [1.807, 2.05) is 48.5 Å². The molecule has 0 saturated heterocycles. The van der Waals surface area contributed by atoms with Crippen molar-refractivity contribution in [3.63, 3.8) is 0 Å². The maximum absolute atomic E-state index is 12.3. The van der Waals surface area contributed by atoms with Crippen LogP contribution in [0.4, 0.5) is 5.13 Å². The predicted octanol–water partition coefficient (Wildman–Crippen LogP) is 3.14. The first-order valence-electron chi connectivity index (χ1n) is 7.94. The maximum Gasteiger partial charge on any atom is 0.268 e. The lowest BCUT2D eigenvalue weighted by molar-refractivity contribution is -0.116. The number of carbonyl (C=O) groups excluding carboxylic acids is 1. The first kappa shape index (κ1) is 16.6. The van der Waals surface area contributed by atoms with Crippen molar-refractivity contribution in [1.29, 1.82) is 0 Å². The molecular weight excluding hydrogens is 368 g/mol. The Morgan fingerprint density at radius 1 is 1.04 bits per heavy atom. The molecule has 0 aliphatic rings. The van der Waals surface area contributed by atoms with Gasteiger partial charge < -0.3 is 0 Å². The molecule has 0 unspecified atom stereocenters. The van der Waals surface area contributed by atoms with Gasteiger partial charge in [-0.25, -0.2) is 0 Å². The number of rotatable bonds is 5. The summed E-state index contributed by atoms with van der Waals surface area (Å²) in [5, 5.41) is 12.7. The lowest BCUT2D eigenvalue weighted by Gasteiger charge is -2.00. The molecule has 2 heterocycles. The number of anilines is 1. The van der Waals surface area contributed by atoms with Gasteiger partial charge in [0.25, 0.3) is 5.56 Å². The van der Waals surface area contributed by atoms with Gasteiger partial charge in [0.05, 0.1) is 10.1 Å². The van der Waals surface area contributed by atoms with Gasteiger partial charge in [-0.3, -0.25) is 18.9 Å². The molecule has 2 aromatic heterocycles. The topological polar surface area (TPSA) is 76.9 Å². The number of nitrogens with one attached hydrogen (secondary N) is 1. The van der Waals surface area contributed by atoms with E-state index in [2.05, 4.69) is 15.5 Å². The zero-order valence-electron chi connectivity index (χ0n) is 13.6. The Labute approximate surface area is 156 Å². The van der Waals surface area contributed by atoms with Gasteiger partial charge in [-0.1, -0.05) is 65.3 Å². The highest BCUT2D eigenvalue weighted by molar-refractivity contribution is 7.15. The third-order valence-electron chi connectivity index (χ3n) is 3.75. The van der Waals surface area contributed by atoms with Crippen LogP contribution >= 0.6 is 22.9 Å². The zero-order chi connectivity index (χ0) is 17.9. The van der Waals surface area contributed by atoms with Crippen LogP contribution in [0.25, 0.3) is 10.1 Å². The van der Waals surface area contributed by atoms with E-state index in [1.165, 1.54) is 26.8 Å². The summed E-state index contributed by atoms with van der Waals surface area (Å²) in [6.45, 7) is -0.0359. The van der Waals surface area contributed by atoms with E-state index >= 15 is 0 Å². The number of amides is 1. The van der Waals surface area contributed by atoms with Crippen molar-refractivity contribution in [3.8, 4) is 0 Å². The number of hydrogen-bond donors (Lipinski definition) is 1. The minimum atomic E-state index is -0.291. The van der Waals surface area contributed by atoms with Crippen LogP contribution in [0.5, 0.6) is 0 Å². The highest BCUT2D eigenvalue weighted by atomic mass is 32.1. The summed E-state index contributed by atoms with van der Waals surface area (Å²) < 4.78 is 2.32. The van der Waals surface area contributed by atoms with Crippen molar-refractivity contribution in [2.75, 3.05) is 5.32 Å². The minimum absolute atomic E-state index is 0.0359. The van der Waals surface area contributed by atoms with Crippen LogP contribution in [0.3, 0.4) is 0 Å². The van der Waals surface area contributed by atoms with Crippen molar-refractivity contribution in [2.24, 2.45) is 0 Å². The number of carbonyl (C=O) groups is 1. The highest BCUT2D eigenvalue weighted by Crippen LogP contribution is 2.19. The van der Waals surface area contributed by atoms with Crippen LogP contribution < -0.4 is 10.9 Å². The Balaban J connectivity index is 1.43. The molecule has 26 heavy (non-hydrogen) atoms. The number of fused-ring (bicyclic) bond motifs is 1. The normalized spacial score (nSPS) is 10.9. The van der Waals surface area contributed by atoms with E-state index in [0.29, 0.717) is 16.9 Å². The van der Waals surface area contributed by atoms with E-state index in [1.54, 1.807) is 6.07 Å². The average molecular weight is 382 g/mol. The van der Waals surface area contributed by atoms with Crippen LogP contribution in [0.1, 0.15) is 10.6 Å². The fourth-order valence-electron chi connectivity index (χ4n) is 2.56. The summed E-state index contributed by atoms with van der Waals surface area (Å²) in [4.78, 5) is 24.5. The Bertz CT molecular complexity index is 1110. The van der Waals surface area contributed by atoms with Crippen molar-refractivity contribution in [3.05, 3.63) is 75.5 Å². The molecule has 0 bridgehead atoms. The molecule has 4 rings (SSSR count). The van der Waals surface area contributed by atoms with E-state index in [9.17, 15) is 9.59 Å². The predicted molar refractivity (Wildman–Crippen MR) is 104 cm³/mol. The highest BCUT2D eigenvalue weighted by Gasteiger charge is 2.13. The largest absolute Gasteiger partial charge is 0.299 e. The van der Waals surface area contributed by atoms with Gasteiger partial charge in [-0.15, -0.1) is 10.2 Å². The van der Waals surface area contributed by atoms with Crippen LogP contribution in [-0.2, 0) is 17.8 Å². The Kier molecular flexibility index (Phi) is 4.59. The molecule has 8 heteroatoms. The minimum Gasteiger partial charge on any atom is -0.299 e. The van der Waals surface area contributed by atoms with Crippen LogP contribution in [0.2, 0.25) is 0 Å². The quantitative estimate of drug-likeness (QED) is 0.575. The first-order chi connectivity index (χ1) is 12.7. The average Bonchev–Trinajstić information content (AvgIpc) is 3.21. The fraction of sp³-hybridized carbons (Fsp3) is 0.111. The van der Waals surface area contributed by atoms with Gasteiger partial charge in [0.15, 0.2) is 0 Å². The Morgan fingerprint density at radius 3 is 2.62 bits per heavy atom. The van der Waals surface area contributed by atoms with Crippen LogP contribution in [0.15, 0.2) is 59.4 Å².